The third kappa shape index (κ3) is 11.5. The van der Waals surface area contributed by atoms with E-state index in [2.05, 4.69) is 24.9 Å². The highest BCUT2D eigenvalue weighted by Gasteiger charge is 2.62. The Morgan fingerprint density at radius 2 is 1.51 bits per heavy atom. The predicted octanol–water partition coefficient (Wildman–Crippen LogP) is 6.66. The zero-order chi connectivity index (χ0) is 33.6. The highest BCUT2D eigenvalue weighted by Crippen LogP contribution is 2.68. The van der Waals surface area contributed by atoms with E-state index < -0.39 is 15.9 Å². The summed E-state index contributed by atoms with van der Waals surface area (Å²) in [6, 6.07) is 0. The van der Waals surface area contributed by atoms with Crippen molar-refractivity contribution in [1.29, 1.82) is 0 Å². The Kier molecular flexibility index (Phi) is 19.2. The number of amides is 2. The highest BCUT2D eigenvalue weighted by molar-refractivity contribution is 7.85. The summed E-state index contributed by atoms with van der Waals surface area (Å²) in [5.41, 5.74) is 5.02. The highest BCUT2D eigenvalue weighted by atomic mass is 32.2. The molecule has 0 spiro atoms. The zero-order valence-electron chi connectivity index (χ0n) is 28.7. The summed E-state index contributed by atoms with van der Waals surface area (Å²) in [5, 5.41) is 14.0. The number of carbonyl (C=O) groups excluding carboxylic acids is 2. The average molecular weight is 651 g/mol. The van der Waals surface area contributed by atoms with Gasteiger partial charge in [-0.05, 0) is 91.8 Å². The summed E-state index contributed by atoms with van der Waals surface area (Å²) in [7, 11) is -4.06. The second kappa shape index (κ2) is 19.6. The maximum absolute atomic E-state index is 12.2. The number of nitrogens with one attached hydrogen (secondary N) is 1. The summed E-state index contributed by atoms with van der Waals surface area (Å²) in [4.78, 5) is 21.4. The van der Waals surface area contributed by atoms with E-state index in [1.807, 2.05) is 41.5 Å². The number of rotatable bonds is 7. The van der Waals surface area contributed by atoms with Gasteiger partial charge in [0.15, 0.2) is 0 Å². The molecule has 0 aliphatic heterocycles. The van der Waals surface area contributed by atoms with Crippen LogP contribution in [0.25, 0.3) is 0 Å². The van der Waals surface area contributed by atoms with Gasteiger partial charge < -0.3 is 16.2 Å². The quantitative estimate of drug-likeness (QED) is 0.154. The maximum Gasteiger partial charge on any atom is 0.266 e. The first kappa shape index (κ1) is 42.2. The molecule has 8 nitrogen and oxygen atoms in total. The summed E-state index contributed by atoms with van der Waals surface area (Å²) in [5.74, 6) is 1.69. The summed E-state index contributed by atoms with van der Waals surface area (Å²) >= 11 is 4.96. The minimum atomic E-state index is -4.06. The molecule has 4 saturated carbocycles. The molecule has 10 heteroatoms. The van der Waals surface area contributed by atoms with Crippen molar-refractivity contribution in [3.63, 3.8) is 0 Å². The van der Waals surface area contributed by atoms with E-state index in [-0.39, 0.29) is 35.1 Å². The molecule has 0 aromatic carbocycles. The summed E-state index contributed by atoms with van der Waals surface area (Å²) in [6.07, 6.45) is 11.7. The van der Waals surface area contributed by atoms with Crippen LogP contribution in [0, 0.1) is 40.4 Å². The number of hydrogen-bond donors (Lipinski definition) is 5. The minimum absolute atomic E-state index is 0.0706. The Bertz CT molecular complexity index is 928. The number of aliphatic hydroxyl groups excluding tert-OH is 1. The molecular weight excluding hydrogens is 585 g/mol. The summed E-state index contributed by atoms with van der Waals surface area (Å²) < 4.78 is 30.4. The van der Waals surface area contributed by atoms with Crippen LogP contribution in [0.3, 0.4) is 0 Å². The van der Waals surface area contributed by atoms with Crippen LogP contribution >= 0.6 is 12.6 Å². The van der Waals surface area contributed by atoms with Crippen molar-refractivity contribution in [1.82, 2.24) is 5.32 Å². The molecule has 4 fully saturated rings. The number of nitrogens with two attached hydrogens (primary N) is 1. The van der Waals surface area contributed by atoms with Crippen LogP contribution in [0.1, 0.15) is 133 Å². The number of aliphatic hydroxyl groups is 1. The molecule has 43 heavy (non-hydrogen) atoms. The van der Waals surface area contributed by atoms with Crippen molar-refractivity contribution in [2.45, 2.75) is 144 Å². The van der Waals surface area contributed by atoms with Crippen LogP contribution in [0.4, 0.5) is 0 Å². The molecule has 9 atom stereocenters. The van der Waals surface area contributed by atoms with Crippen molar-refractivity contribution in [3.05, 3.63) is 0 Å². The molecule has 0 saturated heterocycles. The summed E-state index contributed by atoms with van der Waals surface area (Å²) in [6.45, 7) is 18.2. The van der Waals surface area contributed by atoms with Gasteiger partial charge in [0.1, 0.15) is 0 Å². The lowest BCUT2D eigenvalue weighted by molar-refractivity contribution is -0.162. The van der Waals surface area contributed by atoms with Crippen LogP contribution in [0.15, 0.2) is 0 Å². The standard InChI is InChI=1S/C25H43NO5S2.C2H5NO.3C2H6/c1-24-11-4-3-5-16(24)15-20(27)23-18-7-6-17(25(18,2)12-10-19(23)24)21(32)8-9-22(28)26-13-14-33(29,30)31;1-2(3)4;3*1-2/h16-21,23,27,32H,3-15H2,1-2H3,(H,26,28)(H,29,30,31);1H3,(H2,3,4);3*1-2H3/t16?,17?,18-,19-,20?,21+,23?,24?,25?;;;;/m0..../s1. The molecular formula is C33H66N2O6S2. The van der Waals surface area contributed by atoms with E-state index in [1.165, 1.54) is 45.4 Å². The van der Waals surface area contributed by atoms with E-state index in [0.29, 0.717) is 47.8 Å². The molecule has 0 bridgehead atoms. The van der Waals surface area contributed by atoms with Gasteiger partial charge in [-0.3, -0.25) is 14.1 Å². The lowest BCUT2D eigenvalue weighted by atomic mass is 9.44. The van der Waals surface area contributed by atoms with Gasteiger partial charge in [-0.15, -0.1) is 0 Å². The molecule has 2 amide bonds. The van der Waals surface area contributed by atoms with Gasteiger partial charge in [0.25, 0.3) is 10.1 Å². The van der Waals surface area contributed by atoms with Gasteiger partial charge in [0, 0.05) is 25.1 Å². The molecule has 4 aliphatic carbocycles. The van der Waals surface area contributed by atoms with Crippen molar-refractivity contribution < 1.29 is 27.7 Å². The van der Waals surface area contributed by atoms with E-state index in [4.69, 9.17) is 17.2 Å². The van der Waals surface area contributed by atoms with Gasteiger partial charge >= 0.3 is 0 Å². The molecule has 4 rings (SSSR count). The van der Waals surface area contributed by atoms with Crippen molar-refractivity contribution in [2.24, 2.45) is 46.2 Å². The van der Waals surface area contributed by atoms with E-state index in [9.17, 15) is 23.1 Å². The van der Waals surface area contributed by atoms with E-state index >= 15 is 0 Å². The fourth-order valence-electron chi connectivity index (χ4n) is 8.82. The molecule has 5 N–H and O–H groups in total. The Morgan fingerprint density at radius 1 is 0.953 bits per heavy atom. The Labute approximate surface area is 269 Å². The molecule has 0 radical (unpaired) electrons. The topological polar surface area (TPSA) is 147 Å². The van der Waals surface area contributed by atoms with Gasteiger partial charge in [-0.2, -0.15) is 21.0 Å². The molecule has 6 unspecified atom stereocenters. The molecule has 4 aliphatic rings. The first-order valence-corrected chi connectivity index (χ1v) is 19.2. The van der Waals surface area contributed by atoms with E-state index in [1.54, 1.807) is 0 Å². The second-order valence-electron chi connectivity index (χ2n) is 12.6. The number of thiol groups is 1. The average Bonchev–Trinajstić information content (AvgIpc) is 3.31. The Balaban J connectivity index is 0.00000158. The van der Waals surface area contributed by atoms with Gasteiger partial charge in [0.05, 0.1) is 11.9 Å². The van der Waals surface area contributed by atoms with Crippen LogP contribution in [-0.2, 0) is 19.7 Å². The molecule has 0 aromatic heterocycles. The van der Waals surface area contributed by atoms with Crippen molar-refractivity contribution in [3.8, 4) is 0 Å². The van der Waals surface area contributed by atoms with Crippen LogP contribution in [-0.4, -0.2) is 53.5 Å². The van der Waals surface area contributed by atoms with Crippen molar-refractivity contribution in [2.75, 3.05) is 12.3 Å². The third-order valence-corrected chi connectivity index (χ3v) is 11.8. The Hall–Kier alpha value is -0.840. The number of hydrogen-bond acceptors (Lipinski definition) is 6. The number of primary amides is 1. The van der Waals surface area contributed by atoms with Gasteiger partial charge in [0.2, 0.25) is 11.8 Å². The number of carbonyl (C=O) groups is 2. The SMILES string of the molecule is CC.CC.CC.CC(N)=O.CC12CCCCC1CC(O)C1[C@@H]2CCC2(C)C([C@H](S)CCC(=O)NCCS(=O)(=O)O)CC[C@@H]12. The second-order valence-corrected chi connectivity index (χ2v) is 14.9. The largest absolute Gasteiger partial charge is 0.393 e. The number of fused-ring (bicyclic) bond motifs is 5. The monoisotopic (exact) mass is 650 g/mol. The minimum Gasteiger partial charge on any atom is -0.393 e. The van der Waals surface area contributed by atoms with Crippen LogP contribution in [0.2, 0.25) is 0 Å². The predicted molar refractivity (Wildman–Crippen MR) is 182 cm³/mol. The third-order valence-electron chi connectivity index (χ3n) is 10.5. The molecule has 0 heterocycles. The van der Waals surface area contributed by atoms with Gasteiger partial charge in [-0.25, -0.2) is 0 Å². The maximum atomic E-state index is 12.2. The first-order valence-electron chi connectivity index (χ1n) is 17.0. The fourth-order valence-corrected chi connectivity index (χ4v) is 9.79. The van der Waals surface area contributed by atoms with Gasteiger partial charge in [-0.1, -0.05) is 68.2 Å². The molecule has 0 aromatic rings. The van der Waals surface area contributed by atoms with Crippen LogP contribution in [0.5, 0.6) is 0 Å². The van der Waals surface area contributed by atoms with Crippen molar-refractivity contribution >= 4 is 34.6 Å². The normalized spacial score (nSPS) is 34.6. The smallest absolute Gasteiger partial charge is 0.266 e. The fraction of sp³-hybridized carbons (Fsp3) is 0.939. The zero-order valence-corrected chi connectivity index (χ0v) is 30.4. The van der Waals surface area contributed by atoms with E-state index in [0.717, 1.165) is 19.3 Å². The lowest BCUT2D eigenvalue weighted by Crippen LogP contribution is -2.57. The molecule has 256 valence electrons. The lowest BCUT2D eigenvalue weighted by Gasteiger charge is -2.62. The first-order chi connectivity index (χ1) is 20.2. The Morgan fingerprint density at radius 3 is 2.07 bits per heavy atom. The van der Waals surface area contributed by atoms with Crippen LogP contribution < -0.4 is 11.1 Å².